The molecule has 1 aliphatic carbocycles. The summed E-state index contributed by atoms with van der Waals surface area (Å²) in [6.45, 7) is 7.23. The number of amides is 2. The molecule has 0 aromatic heterocycles. The molecule has 3 unspecified atom stereocenters. The van der Waals surface area contributed by atoms with E-state index in [1.807, 2.05) is 19.9 Å². The molecule has 2 aliphatic heterocycles. The Morgan fingerprint density at radius 3 is 2.30 bits per heavy atom. The second-order valence-corrected chi connectivity index (χ2v) is 12.9. The van der Waals surface area contributed by atoms with Crippen molar-refractivity contribution in [1.82, 2.24) is 5.32 Å². The van der Waals surface area contributed by atoms with Gasteiger partial charge in [0.1, 0.15) is 17.8 Å². The van der Waals surface area contributed by atoms with Gasteiger partial charge in [-0.1, -0.05) is 38.2 Å². The highest BCUT2D eigenvalue weighted by atomic mass is 32.2. The van der Waals surface area contributed by atoms with Crippen molar-refractivity contribution in [2.24, 2.45) is 23.3 Å². The molecule has 3 aliphatic rings. The number of thioether (sulfide) groups is 1. The van der Waals surface area contributed by atoms with E-state index in [1.54, 1.807) is 46.3 Å². The number of nitrogens with one attached hydrogen (secondary N) is 1. The predicted octanol–water partition coefficient (Wildman–Crippen LogP) is 2.46. The molecule has 0 aromatic rings. The Kier molecular flexibility index (Phi) is 14.0. The van der Waals surface area contributed by atoms with Crippen molar-refractivity contribution in [3.8, 4) is 0 Å². The molecule has 2 amide bonds. The van der Waals surface area contributed by atoms with Gasteiger partial charge in [0.05, 0.1) is 23.2 Å². The van der Waals surface area contributed by atoms with Gasteiger partial charge < -0.3 is 45.2 Å². The number of primary amides is 1. The number of carbonyl (C=O) groups is 4. The Hall–Kier alpha value is -3.27. The molecular weight excluding hydrogens is 630 g/mol. The van der Waals surface area contributed by atoms with Crippen molar-refractivity contribution in [2.45, 2.75) is 76.8 Å². The fourth-order valence-electron chi connectivity index (χ4n) is 6.03. The third-order valence-electron chi connectivity index (χ3n) is 8.46. The first-order valence-electron chi connectivity index (χ1n) is 15.3. The fraction of sp³-hybridized carbons (Fsp3) is 0.576. The molecule has 1 saturated heterocycles. The zero-order chi connectivity index (χ0) is 35.0. The number of fused-ring (bicyclic) bond motifs is 3. The molecule has 13 nitrogen and oxygen atoms in total. The van der Waals surface area contributed by atoms with Crippen LogP contribution < -0.4 is 16.8 Å². The Bertz CT molecular complexity index is 1360. The minimum atomic E-state index is -0.978. The maximum absolute atomic E-state index is 14.2. The molecule has 2 heterocycles. The van der Waals surface area contributed by atoms with Gasteiger partial charge in [-0.15, -0.1) is 11.8 Å². The minimum absolute atomic E-state index is 0.00973. The monoisotopic (exact) mass is 677 g/mol. The van der Waals surface area contributed by atoms with Crippen molar-refractivity contribution in [1.29, 1.82) is 0 Å². The largest absolute Gasteiger partial charge is 0.451 e. The number of ether oxygens (including phenoxy) is 6. The van der Waals surface area contributed by atoms with Gasteiger partial charge in [0, 0.05) is 51.3 Å². The molecule has 2 bridgehead atoms. The summed E-state index contributed by atoms with van der Waals surface area (Å²) in [6, 6.07) is -0.909. The summed E-state index contributed by atoms with van der Waals surface area (Å²) in [5, 5.41) is 2.76. The number of hydrogen-bond donors (Lipinski definition) is 3. The molecule has 47 heavy (non-hydrogen) atoms. The number of hydrogen-bond acceptors (Lipinski definition) is 12. The van der Waals surface area contributed by atoms with Crippen molar-refractivity contribution >= 4 is 35.5 Å². The number of rotatable bonds is 5. The Morgan fingerprint density at radius 1 is 1.00 bits per heavy atom. The highest BCUT2D eigenvalue weighted by molar-refractivity contribution is 8.03. The van der Waals surface area contributed by atoms with Crippen LogP contribution in [0.4, 0.5) is 4.79 Å². The third-order valence-corrected chi connectivity index (χ3v) is 9.74. The predicted molar refractivity (Wildman–Crippen MR) is 176 cm³/mol. The summed E-state index contributed by atoms with van der Waals surface area (Å²) in [5.41, 5.74) is 12.6. The summed E-state index contributed by atoms with van der Waals surface area (Å²) >= 11 is 1.18. The normalized spacial score (nSPS) is 33.8. The zero-order valence-corrected chi connectivity index (χ0v) is 29.0. The van der Waals surface area contributed by atoms with E-state index in [-0.39, 0.29) is 34.4 Å². The molecule has 5 N–H and O–H groups in total. The quantitative estimate of drug-likeness (QED) is 0.285. The van der Waals surface area contributed by atoms with Gasteiger partial charge in [-0.05, 0) is 37.8 Å². The number of allylic oxidation sites excluding steroid dienone is 3. The first-order chi connectivity index (χ1) is 22.3. The first-order valence-corrected chi connectivity index (χ1v) is 16.3. The molecule has 3 rings (SSSR count). The van der Waals surface area contributed by atoms with Crippen LogP contribution >= 0.6 is 11.8 Å². The van der Waals surface area contributed by atoms with Gasteiger partial charge in [-0.25, -0.2) is 4.79 Å². The van der Waals surface area contributed by atoms with Crippen LogP contribution in [0.5, 0.6) is 0 Å². The Balaban J connectivity index is 2.20. The Labute approximate surface area is 280 Å². The van der Waals surface area contributed by atoms with Crippen molar-refractivity contribution in [3.05, 3.63) is 57.7 Å². The number of nitrogens with two attached hydrogens (primary N) is 2. The maximum Gasteiger partial charge on any atom is 0.405 e. The summed E-state index contributed by atoms with van der Waals surface area (Å²) in [7, 11) is 6.10. The summed E-state index contributed by atoms with van der Waals surface area (Å²) < 4.78 is 34.6. The molecule has 1 fully saturated rings. The van der Waals surface area contributed by atoms with Gasteiger partial charge in [0.2, 0.25) is 5.78 Å². The molecule has 14 heteroatoms. The summed E-state index contributed by atoms with van der Waals surface area (Å²) in [5.74, 6) is -2.04. The van der Waals surface area contributed by atoms with E-state index in [0.717, 1.165) is 0 Å². The van der Waals surface area contributed by atoms with Crippen molar-refractivity contribution in [2.75, 3.05) is 34.2 Å². The number of carbonyl (C=O) groups excluding carboxylic acids is 4. The average molecular weight is 678 g/mol. The maximum atomic E-state index is 14.2. The van der Waals surface area contributed by atoms with E-state index in [1.165, 1.54) is 32.1 Å². The van der Waals surface area contributed by atoms with E-state index >= 15 is 0 Å². The van der Waals surface area contributed by atoms with Crippen molar-refractivity contribution in [3.63, 3.8) is 0 Å². The minimum Gasteiger partial charge on any atom is -0.451 e. The van der Waals surface area contributed by atoms with Gasteiger partial charge in [0.25, 0.3) is 5.91 Å². The van der Waals surface area contributed by atoms with E-state index in [2.05, 4.69) is 5.32 Å². The topological polar surface area (TPSA) is 188 Å². The number of methoxy groups -OCH3 is 4. The molecule has 0 saturated carbocycles. The van der Waals surface area contributed by atoms with E-state index in [4.69, 9.17) is 39.9 Å². The lowest BCUT2D eigenvalue weighted by molar-refractivity contribution is -0.146. The SMILES string of the molecule is COC1[C@@H](OC)C[C@H](C)[C@@H](OC)C2=CC3OC(=O)C(N)CSC3=C(NC(=O)C(C)=C/C=C\[C@H](OC)[C@@H](OC(N)=O)C(C)=C[C@@H]1C)C2=O. The van der Waals surface area contributed by atoms with E-state index in [9.17, 15) is 19.2 Å². The summed E-state index contributed by atoms with van der Waals surface area (Å²) in [6.07, 6.45) is 3.34. The highest BCUT2D eigenvalue weighted by Gasteiger charge is 2.41. The number of esters is 1. The smallest absolute Gasteiger partial charge is 0.405 e. The second-order valence-electron chi connectivity index (χ2n) is 11.8. The zero-order valence-electron chi connectivity index (χ0n) is 28.1. The molecule has 0 radical (unpaired) electrons. The molecular formula is C33H47N3O10S. The number of ketones is 1. The van der Waals surface area contributed by atoms with Crippen LogP contribution in [0.3, 0.4) is 0 Å². The highest BCUT2D eigenvalue weighted by Crippen LogP contribution is 2.38. The van der Waals surface area contributed by atoms with Gasteiger partial charge in [0.15, 0.2) is 12.2 Å². The summed E-state index contributed by atoms with van der Waals surface area (Å²) in [4.78, 5) is 52.5. The second kappa shape index (κ2) is 17.2. The van der Waals surface area contributed by atoms with Crippen LogP contribution in [0.2, 0.25) is 0 Å². The van der Waals surface area contributed by atoms with Crippen LogP contribution in [0.1, 0.15) is 34.1 Å². The molecule has 9 atom stereocenters. The number of Topliss-reactive ketones (excluding diaryl/α,β-unsaturated/α-hetero) is 1. The first kappa shape index (κ1) is 38.2. The van der Waals surface area contributed by atoms with Crippen LogP contribution in [0.15, 0.2) is 57.7 Å². The lowest BCUT2D eigenvalue weighted by Gasteiger charge is -2.35. The van der Waals surface area contributed by atoms with Crippen LogP contribution in [-0.4, -0.2) is 101 Å². The lowest BCUT2D eigenvalue weighted by atomic mass is 9.83. The van der Waals surface area contributed by atoms with Gasteiger partial charge in [-0.2, -0.15) is 0 Å². The van der Waals surface area contributed by atoms with Crippen LogP contribution in [0, 0.1) is 11.8 Å². The molecule has 0 aromatic carbocycles. The average Bonchev–Trinajstić information content (AvgIpc) is 3.16. The lowest BCUT2D eigenvalue weighted by Crippen LogP contribution is -2.42. The van der Waals surface area contributed by atoms with Crippen LogP contribution in [0.25, 0.3) is 0 Å². The van der Waals surface area contributed by atoms with Gasteiger partial charge in [-0.3, -0.25) is 14.4 Å². The fourth-order valence-corrected chi connectivity index (χ4v) is 7.10. The van der Waals surface area contributed by atoms with Gasteiger partial charge >= 0.3 is 12.1 Å². The standard InChI is InChI=1S/C33H47N3O10S/c1-16-10-9-11-22(41-5)29(46-33(35)40)18(3)12-17(2)28(44-8)23(42-6)13-19(4)27(43-7)20-14-24-30(25(26(20)37)36-31(16)38)47-15-21(34)32(39)45-24/h9-12,14,17,19,21-24,27-29H,13,15,34H2,1-8H3,(H2,35,40)(H,36,38)/b11-9-,16-10?,18-12?/t17-,19-,21?,22-,23-,24?,27+,28?,29-/m0/s1. The van der Waals surface area contributed by atoms with E-state index < -0.39 is 66.4 Å². The van der Waals surface area contributed by atoms with Crippen molar-refractivity contribution < 1.29 is 47.6 Å². The van der Waals surface area contributed by atoms with E-state index in [0.29, 0.717) is 16.9 Å². The third kappa shape index (κ3) is 9.21. The molecule has 0 spiro atoms. The van der Waals surface area contributed by atoms with Crippen LogP contribution in [-0.2, 0) is 42.8 Å². The molecule has 260 valence electrons. The Morgan fingerprint density at radius 2 is 1.70 bits per heavy atom.